The van der Waals surface area contributed by atoms with E-state index in [0.717, 1.165) is 19.6 Å². The Morgan fingerprint density at radius 2 is 2.29 bits per heavy atom. The van der Waals surface area contributed by atoms with Crippen molar-refractivity contribution in [2.24, 2.45) is 0 Å². The van der Waals surface area contributed by atoms with Crippen molar-refractivity contribution in [3.05, 3.63) is 0 Å². The van der Waals surface area contributed by atoms with Crippen molar-refractivity contribution >= 4 is 0 Å². The highest BCUT2D eigenvalue weighted by atomic mass is 16.5. The van der Waals surface area contributed by atoms with E-state index in [1.807, 2.05) is 0 Å². The maximum atomic E-state index is 8.27. The van der Waals surface area contributed by atoms with E-state index >= 15 is 0 Å². The molecular weight excluding hydrogens is 178 g/mol. The second-order valence-electron chi connectivity index (χ2n) is 3.65. The average Bonchev–Trinajstić information content (AvgIpc) is 2.69. The van der Waals surface area contributed by atoms with Gasteiger partial charge in [-0.25, -0.2) is 0 Å². The van der Waals surface area contributed by atoms with Gasteiger partial charge in [-0.15, -0.1) is 0 Å². The summed E-state index contributed by atoms with van der Waals surface area (Å²) >= 11 is 0. The van der Waals surface area contributed by atoms with Crippen LogP contribution in [0.1, 0.15) is 38.5 Å². The van der Waals surface area contributed by atoms with Crippen LogP contribution in [0.15, 0.2) is 0 Å². The molecule has 0 bridgehead atoms. The fraction of sp³-hybridized carbons (Fsp3) is 0.909. The van der Waals surface area contributed by atoms with Crippen molar-refractivity contribution in [1.82, 2.24) is 0 Å². The van der Waals surface area contributed by atoms with Crippen molar-refractivity contribution in [3.63, 3.8) is 0 Å². The Morgan fingerprint density at radius 1 is 1.36 bits per heavy atom. The van der Waals surface area contributed by atoms with E-state index in [0.29, 0.717) is 19.1 Å². The molecule has 0 aromatic carbocycles. The van der Waals surface area contributed by atoms with Crippen molar-refractivity contribution in [2.45, 2.75) is 44.6 Å². The molecular formula is C11H19NO2. The molecule has 0 aliphatic carbocycles. The molecule has 80 valence electrons. The van der Waals surface area contributed by atoms with Crippen LogP contribution in [0.25, 0.3) is 0 Å². The van der Waals surface area contributed by atoms with Gasteiger partial charge in [0.15, 0.2) is 0 Å². The SMILES string of the molecule is N#CCCOCCCCC1CCCO1. The first kappa shape index (κ1) is 11.5. The molecule has 1 atom stereocenters. The summed E-state index contributed by atoms with van der Waals surface area (Å²) in [6.07, 6.45) is 6.91. The molecule has 1 aliphatic rings. The third-order valence-electron chi connectivity index (χ3n) is 2.45. The van der Waals surface area contributed by atoms with Gasteiger partial charge in [-0.1, -0.05) is 0 Å². The number of hydrogen-bond donors (Lipinski definition) is 0. The number of unbranched alkanes of at least 4 members (excludes halogenated alkanes) is 1. The summed E-state index contributed by atoms with van der Waals surface area (Å²) in [5.41, 5.74) is 0. The first-order chi connectivity index (χ1) is 6.93. The summed E-state index contributed by atoms with van der Waals surface area (Å²) in [7, 11) is 0. The molecule has 0 spiro atoms. The largest absolute Gasteiger partial charge is 0.380 e. The van der Waals surface area contributed by atoms with Gasteiger partial charge in [-0.3, -0.25) is 0 Å². The van der Waals surface area contributed by atoms with Gasteiger partial charge >= 0.3 is 0 Å². The Morgan fingerprint density at radius 3 is 3.00 bits per heavy atom. The number of nitrogens with zero attached hydrogens (tertiary/aromatic N) is 1. The van der Waals surface area contributed by atoms with Crippen molar-refractivity contribution in [3.8, 4) is 6.07 Å². The molecule has 1 heterocycles. The number of ether oxygens (including phenoxy) is 2. The molecule has 3 heteroatoms. The lowest BCUT2D eigenvalue weighted by Gasteiger charge is -2.08. The molecule has 1 fully saturated rings. The van der Waals surface area contributed by atoms with Crippen LogP contribution in [0, 0.1) is 11.3 Å². The molecule has 0 N–H and O–H groups in total. The summed E-state index contributed by atoms with van der Waals surface area (Å²) in [5, 5.41) is 8.27. The monoisotopic (exact) mass is 197 g/mol. The summed E-state index contributed by atoms with van der Waals surface area (Å²) < 4.78 is 10.8. The Labute approximate surface area is 86.0 Å². The van der Waals surface area contributed by atoms with Crippen LogP contribution >= 0.6 is 0 Å². The minimum atomic E-state index is 0.506. The fourth-order valence-corrected chi connectivity index (χ4v) is 1.67. The van der Waals surface area contributed by atoms with Gasteiger partial charge in [0.1, 0.15) is 0 Å². The number of nitriles is 1. The van der Waals surface area contributed by atoms with E-state index in [1.165, 1.54) is 25.7 Å². The topological polar surface area (TPSA) is 42.2 Å². The lowest BCUT2D eigenvalue weighted by atomic mass is 10.1. The van der Waals surface area contributed by atoms with E-state index in [2.05, 4.69) is 6.07 Å². The lowest BCUT2D eigenvalue weighted by molar-refractivity contribution is 0.0946. The zero-order valence-corrected chi connectivity index (χ0v) is 8.71. The molecule has 1 unspecified atom stereocenters. The highest BCUT2D eigenvalue weighted by Crippen LogP contribution is 2.17. The minimum absolute atomic E-state index is 0.506. The Bertz CT molecular complexity index is 171. The maximum absolute atomic E-state index is 8.27. The van der Waals surface area contributed by atoms with E-state index in [1.54, 1.807) is 0 Å². The smallest absolute Gasteiger partial charge is 0.0645 e. The molecule has 14 heavy (non-hydrogen) atoms. The Hall–Kier alpha value is -0.590. The normalized spacial score (nSPS) is 20.9. The third-order valence-corrected chi connectivity index (χ3v) is 2.45. The van der Waals surface area contributed by atoms with Crippen molar-refractivity contribution in [1.29, 1.82) is 5.26 Å². The van der Waals surface area contributed by atoms with Crippen LogP contribution < -0.4 is 0 Å². The highest BCUT2D eigenvalue weighted by Gasteiger charge is 2.14. The molecule has 0 radical (unpaired) electrons. The predicted molar refractivity (Wildman–Crippen MR) is 53.9 cm³/mol. The standard InChI is InChI=1S/C11H19NO2/c12-7-4-9-13-8-2-1-5-11-6-3-10-14-11/h11H,1-6,8-10H2. The molecule has 0 amide bonds. The summed E-state index contributed by atoms with van der Waals surface area (Å²) in [6.45, 7) is 2.31. The quantitative estimate of drug-likeness (QED) is 0.588. The third kappa shape index (κ3) is 5.21. The second kappa shape index (κ2) is 7.78. The second-order valence-corrected chi connectivity index (χ2v) is 3.65. The Balaban J connectivity index is 1.78. The summed E-state index contributed by atoms with van der Waals surface area (Å²) in [6, 6.07) is 2.06. The van der Waals surface area contributed by atoms with Crippen molar-refractivity contribution in [2.75, 3.05) is 19.8 Å². The van der Waals surface area contributed by atoms with Crippen LogP contribution in [0.2, 0.25) is 0 Å². The lowest BCUT2D eigenvalue weighted by Crippen LogP contribution is -2.05. The first-order valence-corrected chi connectivity index (χ1v) is 5.50. The Kier molecular flexibility index (Phi) is 6.38. The van der Waals surface area contributed by atoms with Gasteiger partial charge < -0.3 is 9.47 Å². The van der Waals surface area contributed by atoms with Crippen LogP contribution in [-0.2, 0) is 9.47 Å². The van der Waals surface area contributed by atoms with Gasteiger partial charge in [0.25, 0.3) is 0 Å². The molecule has 0 aromatic heterocycles. The van der Waals surface area contributed by atoms with E-state index in [4.69, 9.17) is 14.7 Å². The average molecular weight is 197 g/mol. The first-order valence-electron chi connectivity index (χ1n) is 5.50. The van der Waals surface area contributed by atoms with Gasteiger partial charge in [0.2, 0.25) is 0 Å². The number of hydrogen-bond acceptors (Lipinski definition) is 3. The summed E-state index contributed by atoms with van der Waals surface area (Å²) in [4.78, 5) is 0. The minimum Gasteiger partial charge on any atom is -0.380 e. The van der Waals surface area contributed by atoms with Gasteiger partial charge in [0, 0.05) is 13.2 Å². The van der Waals surface area contributed by atoms with Gasteiger partial charge in [0.05, 0.1) is 25.2 Å². The van der Waals surface area contributed by atoms with Gasteiger partial charge in [-0.05, 0) is 32.1 Å². The zero-order chi connectivity index (χ0) is 10.1. The van der Waals surface area contributed by atoms with E-state index in [9.17, 15) is 0 Å². The van der Waals surface area contributed by atoms with Crippen LogP contribution in [0.3, 0.4) is 0 Å². The van der Waals surface area contributed by atoms with E-state index in [-0.39, 0.29) is 0 Å². The van der Waals surface area contributed by atoms with Crippen LogP contribution in [0.5, 0.6) is 0 Å². The molecule has 0 aromatic rings. The maximum Gasteiger partial charge on any atom is 0.0645 e. The number of rotatable bonds is 7. The van der Waals surface area contributed by atoms with Gasteiger partial charge in [-0.2, -0.15) is 5.26 Å². The fourth-order valence-electron chi connectivity index (χ4n) is 1.67. The van der Waals surface area contributed by atoms with Crippen LogP contribution in [0.4, 0.5) is 0 Å². The molecule has 1 rings (SSSR count). The molecule has 3 nitrogen and oxygen atoms in total. The van der Waals surface area contributed by atoms with Crippen molar-refractivity contribution < 1.29 is 9.47 Å². The molecule has 1 aliphatic heterocycles. The highest BCUT2D eigenvalue weighted by molar-refractivity contribution is 4.67. The summed E-state index contributed by atoms with van der Waals surface area (Å²) in [5.74, 6) is 0. The predicted octanol–water partition coefficient (Wildman–Crippen LogP) is 2.27. The van der Waals surface area contributed by atoms with E-state index < -0.39 is 0 Å². The molecule has 1 saturated heterocycles. The molecule has 0 saturated carbocycles. The zero-order valence-electron chi connectivity index (χ0n) is 8.71. The van der Waals surface area contributed by atoms with Crippen LogP contribution in [-0.4, -0.2) is 25.9 Å².